The first kappa shape index (κ1) is 16.4. The standard InChI is InChI=1S/C16H21N5O3/c1-9-13(5-18-10(2)19-9)16(24)20-7-12(8-20)21-6-11(4-14(21)22)15(23)17-3/h5,11-12H,4,6-8H2,1-3H3,(H,17,23). The Bertz CT molecular complexity index is 699. The molecule has 3 amide bonds. The molecule has 1 aromatic rings. The number of hydrogen-bond acceptors (Lipinski definition) is 5. The van der Waals surface area contributed by atoms with Crippen molar-refractivity contribution in [2.75, 3.05) is 26.7 Å². The van der Waals surface area contributed by atoms with E-state index in [-0.39, 0.29) is 36.1 Å². The molecule has 2 aliphatic heterocycles. The first-order valence-electron chi connectivity index (χ1n) is 8.01. The second-order valence-corrected chi connectivity index (χ2v) is 6.34. The lowest BCUT2D eigenvalue weighted by Crippen LogP contribution is -2.61. The molecule has 0 saturated carbocycles. The molecule has 8 nitrogen and oxygen atoms in total. The lowest BCUT2D eigenvalue weighted by molar-refractivity contribution is -0.132. The predicted octanol–water partition coefficient (Wildman–Crippen LogP) is -0.488. The number of carbonyl (C=O) groups is 3. The maximum absolute atomic E-state index is 12.5. The first-order chi connectivity index (χ1) is 11.4. The summed E-state index contributed by atoms with van der Waals surface area (Å²) in [7, 11) is 1.57. The Morgan fingerprint density at radius 2 is 1.96 bits per heavy atom. The van der Waals surface area contributed by atoms with Crippen molar-refractivity contribution in [3.8, 4) is 0 Å². The van der Waals surface area contributed by atoms with Crippen molar-refractivity contribution < 1.29 is 14.4 Å². The topological polar surface area (TPSA) is 95.5 Å². The van der Waals surface area contributed by atoms with E-state index < -0.39 is 0 Å². The minimum Gasteiger partial charge on any atom is -0.359 e. The van der Waals surface area contributed by atoms with Crippen LogP contribution >= 0.6 is 0 Å². The van der Waals surface area contributed by atoms with Gasteiger partial charge < -0.3 is 15.1 Å². The van der Waals surface area contributed by atoms with Gasteiger partial charge in [0.2, 0.25) is 11.8 Å². The highest BCUT2D eigenvalue weighted by molar-refractivity contribution is 5.96. The number of amides is 3. The number of aromatic nitrogens is 2. The molecule has 24 heavy (non-hydrogen) atoms. The summed E-state index contributed by atoms with van der Waals surface area (Å²) >= 11 is 0. The van der Waals surface area contributed by atoms with Crippen molar-refractivity contribution in [2.45, 2.75) is 26.3 Å². The third kappa shape index (κ3) is 2.83. The van der Waals surface area contributed by atoms with Crippen LogP contribution in [-0.4, -0.2) is 70.2 Å². The molecule has 1 N–H and O–H groups in total. The van der Waals surface area contributed by atoms with Crippen molar-refractivity contribution in [2.24, 2.45) is 5.92 Å². The molecule has 0 aliphatic carbocycles. The van der Waals surface area contributed by atoms with E-state index in [1.165, 1.54) is 0 Å². The molecule has 1 atom stereocenters. The maximum Gasteiger partial charge on any atom is 0.257 e. The largest absolute Gasteiger partial charge is 0.359 e. The summed E-state index contributed by atoms with van der Waals surface area (Å²) in [5, 5.41) is 2.59. The van der Waals surface area contributed by atoms with Gasteiger partial charge in [0.1, 0.15) is 5.82 Å². The van der Waals surface area contributed by atoms with Gasteiger partial charge in [0.05, 0.1) is 23.2 Å². The number of likely N-dealkylation sites (tertiary alicyclic amines) is 2. The highest BCUT2D eigenvalue weighted by Crippen LogP contribution is 2.26. The summed E-state index contributed by atoms with van der Waals surface area (Å²) in [6.07, 6.45) is 1.80. The Morgan fingerprint density at radius 3 is 2.58 bits per heavy atom. The second kappa shape index (κ2) is 6.18. The SMILES string of the molecule is CNC(=O)C1CC(=O)N(C2CN(C(=O)c3cnc(C)nc3C)C2)C1. The van der Waals surface area contributed by atoms with E-state index in [4.69, 9.17) is 0 Å². The summed E-state index contributed by atoms with van der Waals surface area (Å²) < 4.78 is 0. The molecule has 0 bridgehead atoms. The van der Waals surface area contributed by atoms with E-state index in [2.05, 4.69) is 15.3 Å². The first-order valence-corrected chi connectivity index (χ1v) is 8.01. The van der Waals surface area contributed by atoms with Crippen LogP contribution in [0.3, 0.4) is 0 Å². The molecule has 8 heteroatoms. The average molecular weight is 331 g/mol. The summed E-state index contributed by atoms with van der Waals surface area (Å²) in [5.74, 6) is 0.104. The van der Waals surface area contributed by atoms with Crippen molar-refractivity contribution in [3.05, 3.63) is 23.3 Å². The summed E-state index contributed by atoms with van der Waals surface area (Å²) in [6.45, 7) is 4.97. The van der Waals surface area contributed by atoms with Gasteiger partial charge in [-0.05, 0) is 13.8 Å². The lowest BCUT2D eigenvalue weighted by Gasteiger charge is -2.44. The zero-order valence-corrected chi connectivity index (χ0v) is 14.1. The molecule has 3 heterocycles. The summed E-state index contributed by atoms with van der Waals surface area (Å²) in [4.78, 5) is 48.0. The van der Waals surface area contributed by atoms with E-state index in [0.717, 1.165) is 0 Å². The van der Waals surface area contributed by atoms with Crippen molar-refractivity contribution in [3.63, 3.8) is 0 Å². The Kier molecular flexibility index (Phi) is 4.21. The molecule has 0 radical (unpaired) electrons. The van der Waals surface area contributed by atoms with Crippen molar-refractivity contribution >= 4 is 17.7 Å². The monoisotopic (exact) mass is 331 g/mol. The minimum atomic E-state index is -0.292. The number of hydrogen-bond donors (Lipinski definition) is 1. The van der Waals surface area contributed by atoms with Gasteiger partial charge in [-0.1, -0.05) is 0 Å². The Labute approximate surface area is 140 Å². The van der Waals surface area contributed by atoms with E-state index in [9.17, 15) is 14.4 Å². The van der Waals surface area contributed by atoms with Crippen LogP contribution in [0.1, 0.15) is 28.3 Å². The third-order valence-corrected chi connectivity index (χ3v) is 4.70. The zero-order chi connectivity index (χ0) is 17.4. The predicted molar refractivity (Wildman–Crippen MR) is 85.1 cm³/mol. The molecule has 2 fully saturated rings. The van der Waals surface area contributed by atoms with Crippen LogP contribution in [0.25, 0.3) is 0 Å². The second-order valence-electron chi connectivity index (χ2n) is 6.34. The lowest BCUT2D eigenvalue weighted by atomic mass is 10.0. The highest BCUT2D eigenvalue weighted by atomic mass is 16.2. The van der Waals surface area contributed by atoms with Crippen LogP contribution in [-0.2, 0) is 9.59 Å². The van der Waals surface area contributed by atoms with Crippen molar-refractivity contribution in [1.29, 1.82) is 0 Å². The van der Waals surface area contributed by atoms with Crippen LogP contribution in [0.4, 0.5) is 0 Å². The van der Waals surface area contributed by atoms with E-state index in [1.807, 2.05) is 0 Å². The number of carbonyl (C=O) groups excluding carboxylic acids is 3. The molecule has 1 aromatic heterocycles. The van der Waals surface area contributed by atoms with Gasteiger partial charge in [0.25, 0.3) is 5.91 Å². The molecular formula is C16H21N5O3. The van der Waals surface area contributed by atoms with Gasteiger partial charge in [-0.25, -0.2) is 9.97 Å². The van der Waals surface area contributed by atoms with Crippen molar-refractivity contribution in [1.82, 2.24) is 25.1 Å². The molecule has 128 valence electrons. The fourth-order valence-corrected chi connectivity index (χ4v) is 3.25. The van der Waals surface area contributed by atoms with Gasteiger partial charge in [0, 0.05) is 39.3 Å². The molecule has 3 rings (SSSR count). The molecule has 0 spiro atoms. The highest BCUT2D eigenvalue weighted by Gasteiger charge is 2.43. The third-order valence-electron chi connectivity index (χ3n) is 4.70. The molecule has 1 unspecified atom stereocenters. The smallest absolute Gasteiger partial charge is 0.257 e. The Hall–Kier alpha value is -2.51. The maximum atomic E-state index is 12.5. The van der Waals surface area contributed by atoms with Gasteiger partial charge in [0.15, 0.2) is 0 Å². The number of nitrogens with zero attached hydrogens (tertiary/aromatic N) is 4. The van der Waals surface area contributed by atoms with Gasteiger partial charge >= 0.3 is 0 Å². The summed E-state index contributed by atoms with van der Waals surface area (Å²) in [5.41, 5.74) is 1.16. The number of aryl methyl sites for hydroxylation is 2. The quantitative estimate of drug-likeness (QED) is 0.806. The Morgan fingerprint density at radius 1 is 1.25 bits per heavy atom. The Balaban J connectivity index is 1.60. The van der Waals surface area contributed by atoms with Crippen LogP contribution in [0.5, 0.6) is 0 Å². The average Bonchev–Trinajstić information content (AvgIpc) is 2.86. The zero-order valence-electron chi connectivity index (χ0n) is 14.1. The van der Waals surface area contributed by atoms with E-state index in [0.29, 0.717) is 36.7 Å². The van der Waals surface area contributed by atoms with E-state index in [1.54, 1.807) is 36.9 Å². The minimum absolute atomic E-state index is 0.0113. The number of nitrogens with one attached hydrogen (secondary N) is 1. The molecule has 0 aromatic carbocycles. The van der Waals surface area contributed by atoms with Crippen LogP contribution in [0.15, 0.2) is 6.20 Å². The normalized spacial score (nSPS) is 21.0. The van der Waals surface area contributed by atoms with Gasteiger partial charge in [-0.2, -0.15) is 0 Å². The number of rotatable bonds is 3. The van der Waals surface area contributed by atoms with Crippen LogP contribution in [0.2, 0.25) is 0 Å². The van der Waals surface area contributed by atoms with Crippen LogP contribution in [0, 0.1) is 19.8 Å². The molecule has 2 aliphatic rings. The van der Waals surface area contributed by atoms with E-state index >= 15 is 0 Å². The van der Waals surface area contributed by atoms with Gasteiger partial charge in [-0.15, -0.1) is 0 Å². The fraction of sp³-hybridized carbons (Fsp3) is 0.562. The van der Waals surface area contributed by atoms with Crippen LogP contribution < -0.4 is 5.32 Å². The molecule has 2 saturated heterocycles. The fourth-order valence-electron chi connectivity index (χ4n) is 3.25. The molecular weight excluding hydrogens is 310 g/mol. The summed E-state index contributed by atoms with van der Waals surface area (Å²) in [6, 6.07) is -0.0113. The van der Waals surface area contributed by atoms with Gasteiger partial charge in [-0.3, -0.25) is 14.4 Å².